The molecule has 8 heteroatoms. The van der Waals surface area contributed by atoms with E-state index in [1.807, 2.05) is 14.0 Å². The Morgan fingerprint density at radius 2 is 2.07 bits per heavy atom. The maximum atomic E-state index is 6.02. The molecule has 156 valence electrons. The van der Waals surface area contributed by atoms with Gasteiger partial charge in [-0.2, -0.15) is 5.10 Å². The van der Waals surface area contributed by atoms with Gasteiger partial charge in [0, 0.05) is 19.2 Å². The van der Waals surface area contributed by atoms with Crippen LogP contribution in [0, 0.1) is 12.8 Å². The van der Waals surface area contributed by atoms with E-state index >= 15 is 0 Å². The second-order valence-electron chi connectivity index (χ2n) is 6.99. The number of ether oxygens (including phenoxy) is 1. The van der Waals surface area contributed by atoms with E-state index in [1.54, 1.807) is 11.0 Å². The molecule has 0 amide bonds. The van der Waals surface area contributed by atoms with Gasteiger partial charge in [-0.15, -0.1) is 24.0 Å². The molecule has 0 aliphatic carbocycles. The van der Waals surface area contributed by atoms with Gasteiger partial charge in [-0.1, -0.05) is 26.0 Å². The van der Waals surface area contributed by atoms with Gasteiger partial charge in [-0.3, -0.25) is 4.68 Å². The van der Waals surface area contributed by atoms with Crippen LogP contribution in [-0.2, 0) is 20.1 Å². The molecule has 1 aromatic heterocycles. The number of aliphatic imine (C=N–C) groups is 1. The number of nitrogens with zero attached hydrogens (tertiary/aromatic N) is 4. The average Bonchev–Trinajstić information content (AvgIpc) is 3.03. The molecule has 2 N–H and O–H groups in total. The highest BCUT2D eigenvalue weighted by atomic mass is 127. The molecule has 0 unspecified atom stereocenters. The van der Waals surface area contributed by atoms with Crippen molar-refractivity contribution >= 4 is 29.9 Å². The summed E-state index contributed by atoms with van der Waals surface area (Å²) in [6, 6.07) is 6.28. The zero-order chi connectivity index (χ0) is 19.6. The Labute approximate surface area is 185 Å². The number of hydrogen-bond donors (Lipinski definition) is 2. The van der Waals surface area contributed by atoms with Crippen molar-refractivity contribution in [2.75, 3.05) is 13.2 Å². The third kappa shape index (κ3) is 8.04. The lowest BCUT2D eigenvalue weighted by Gasteiger charge is -2.14. The molecule has 1 aromatic carbocycles. The van der Waals surface area contributed by atoms with E-state index in [9.17, 15) is 0 Å². The summed E-state index contributed by atoms with van der Waals surface area (Å²) in [7, 11) is 1.88. The third-order valence-electron chi connectivity index (χ3n) is 4.15. The van der Waals surface area contributed by atoms with E-state index in [0.717, 1.165) is 42.7 Å². The Bertz CT molecular complexity index is 744. The Kier molecular flexibility index (Phi) is 10.9. The largest absolute Gasteiger partial charge is 0.493 e. The smallest absolute Gasteiger partial charge is 0.191 e. The monoisotopic (exact) mass is 500 g/mol. The van der Waals surface area contributed by atoms with Crippen molar-refractivity contribution in [3.8, 4) is 5.75 Å². The van der Waals surface area contributed by atoms with E-state index < -0.39 is 0 Å². The summed E-state index contributed by atoms with van der Waals surface area (Å²) in [6.45, 7) is 11.2. The highest BCUT2D eigenvalue weighted by molar-refractivity contribution is 14.0. The van der Waals surface area contributed by atoms with Crippen LogP contribution in [0.3, 0.4) is 0 Å². The summed E-state index contributed by atoms with van der Waals surface area (Å²) in [5, 5.41) is 10.6. The molecule has 0 aliphatic heterocycles. The quantitative estimate of drug-likeness (QED) is 0.314. The molecule has 0 aliphatic rings. The minimum Gasteiger partial charge on any atom is -0.493 e. The van der Waals surface area contributed by atoms with Crippen molar-refractivity contribution in [2.45, 2.75) is 47.2 Å². The highest BCUT2D eigenvalue weighted by Gasteiger charge is 2.07. The molecule has 0 saturated heterocycles. The topological polar surface area (TPSA) is 76.4 Å². The molecule has 0 spiro atoms. The van der Waals surface area contributed by atoms with Gasteiger partial charge in [-0.05, 0) is 37.8 Å². The second kappa shape index (κ2) is 12.6. The summed E-state index contributed by atoms with van der Waals surface area (Å²) in [5.41, 5.74) is 2.27. The van der Waals surface area contributed by atoms with E-state index in [4.69, 9.17) is 9.73 Å². The first-order chi connectivity index (χ1) is 13.0. The van der Waals surface area contributed by atoms with Crippen LogP contribution in [0.25, 0.3) is 0 Å². The molecule has 0 atom stereocenters. The van der Waals surface area contributed by atoms with Crippen LogP contribution in [0.15, 0.2) is 29.5 Å². The fourth-order valence-electron chi connectivity index (χ4n) is 2.48. The number of halogens is 1. The summed E-state index contributed by atoms with van der Waals surface area (Å²) in [4.78, 5) is 8.93. The SMILES string of the molecule is CCNC(=NCc1ccc(C)cc1OCCC(C)C)NCc1ncnn1C.I. The number of guanidine groups is 1. The minimum atomic E-state index is 0. The number of rotatable bonds is 9. The zero-order valence-electron chi connectivity index (χ0n) is 17.5. The van der Waals surface area contributed by atoms with E-state index in [1.165, 1.54) is 5.56 Å². The van der Waals surface area contributed by atoms with Gasteiger partial charge in [0.05, 0.1) is 19.7 Å². The Morgan fingerprint density at radius 1 is 1.29 bits per heavy atom. The molecule has 0 fully saturated rings. The maximum Gasteiger partial charge on any atom is 0.191 e. The standard InChI is InChI=1S/C20H32N6O.HI/c1-6-21-20(23-13-19-24-14-25-26(19)5)22-12-17-8-7-16(4)11-18(17)27-10-9-15(2)3;/h7-8,11,14-15H,6,9-10,12-13H2,1-5H3,(H2,21,22,23);1H. The lowest BCUT2D eigenvalue weighted by atomic mass is 10.1. The molecule has 0 bridgehead atoms. The van der Waals surface area contributed by atoms with Crippen molar-refractivity contribution in [1.82, 2.24) is 25.4 Å². The fraction of sp³-hybridized carbons (Fsp3) is 0.550. The summed E-state index contributed by atoms with van der Waals surface area (Å²) in [6.07, 6.45) is 2.59. The lowest BCUT2D eigenvalue weighted by molar-refractivity contribution is 0.287. The molecule has 0 saturated carbocycles. The van der Waals surface area contributed by atoms with Crippen molar-refractivity contribution in [3.05, 3.63) is 41.5 Å². The van der Waals surface area contributed by atoms with Crippen LogP contribution < -0.4 is 15.4 Å². The first-order valence-corrected chi connectivity index (χ1v) is 9.57. The number of benzene rings is 1. The molecule has 7 nitrogen and oxygen atoms in total. The van der Waals surface area contributed by atoms with Gasteiger partial charge < -0.3 is 15.4 Å². The van der Waals surface area contributed by atoms with Gasteiger partial charge >= 0.3 is 0 Å². The highest BCUT2D eigenvalue weighted by Crippen LogP contribution is 2.22. The van der Waals surface area contributed by atoms with E-state index in [2.05, 4.69) is 59.7 Å². The lowest BCUT2D eigenvalue weighted by Crippen LogP contribution is -2.37. The van der Waals surface area contributed by atoms with Gasteiger partial charge in [0.25, 0.3) is 0 Å². The van der Waals surface area contributed by atoms with Crippen LogP contribution in [-0.4, -0.2) is 33.9 Å². The Hall–Kier alpha value is -1.84. The molecule has 2 rings (SSSR count). The first-order valence-electron chi connectivity index (χ1n) is 9.57. The zero-order valence-corrected chi connectivity index (χ0v) is 19.9. The van der Waals surface area contributed by atoms with Crippen LogP contribution in [0.4, 0.5) is 0 Å². The summed E-state index contributed by atoms with van der Waals surface area (Å²) < 4.78 is 7.77. The molecule has 28 heavy (non-hydrogen) atoms. The molecule has 2 aromatic rings. The van der Waals surface area contributed by atoms with Crippen LogP contribution in [0.2, 0.25) is 0 Å². The maximum absolute atomic E-state index is 6.02. The van der Waals surface area contributed by atoms with Crippen molar-refractivity contribution in [3.63, 3.8) is 0 Å². The number of aromatic nitrogens is 3. The Balaban J connectivity index is 0.00000392. The number of aryl methyl sites for hydroxylation is 2. The van der Waals surface area contributed by atoms with Crippen LogP contribution in [0.5, 0.6) is 5.75 Å². The predicted molar refractivity (Wildman–Crippen MR) is 124 cm³/mol. The molecule has 0 radical (unpaired) electrons. The fourth-order valence-corrected chi connectivity index (χ4v) is 2.48. The normalized spacial score (nSPS) is 11.3. The van der Waals surface area contributed by atoms with Gasteiger partial charge in [0.15, 0.2) is 5.96 Å². The predicted octanol–water partition coefficient (Wildman–Crippen LogP) is 3.42. The molecule has 1 heterocycles. The second-order valence-corrected chi connectivity index (χ2v) is 6.99. The van der Waals surface area contributed by atoms with Crippen molar-refractivity contribution < 1.29 is 4.74 Å². The molecular formula is C20H33IN6O. The van der Waals surface area contributed by atoms with Crippen LogP contribution in [0.1, 0.15) is 44.1 Å². The van der Waals surface area contributed by atoms with Crippen molar-refractivity contribution in [1.29, 1.82) is 0 Å². The first kappa shape index (κ1) is 24.2. The van der Waals surface area contributed by atoms with E-state index in [-0.39, 0.29) is 24.0 Å². The number of nitrogens with one attached hydrogen (secondary N) is 2. The van der Waals surface area contributed by atoms with E-state index in [0.29, 0.717) is 19.0 Å². The third-order valence-corrected chi connectivity index (χ3v) is 4.15. The van der Waals surface area contributed by atoms with Crippen molar-refractivity contribution in [2.24, 2.45) is 18.0 Å². The number of hydrogen-bond acceptors (Lipinski definition) is 4. The van der Waals surface area contributed by atoms with Gasteiger partial charge in [0.2, 0.25) is 0 Å². The summed E-state index contributed by atoms with van der Waals surface area (Å²) >= 11 is 0. The average molecular weight is 500 g/mol. The molecular weight excluding hydrogens is 467 g/mol. The summed E-state index contributed by atoms with van der Waals surface area (Å²) in [5.74, 6) is 3.15. The van der Waals surface area contributed by atoms with Crippen LogP contribution >= 0.6 is 24.0 Å². The van der Waals surface area contributed by atoms with Gasteiger partial charge in [0.1, 0.15) is 17.9 Å². The minimum absolute atomic E-state index is 0. The Morgan fingerprint density at radius 3 is 2.71 bits per heavy atom. The van der Waals surface area contributed by atoms with Gasteiger partial charge in [-0.25, -0.2) is 9.98 Å².